The minimum Gasteiger partial charge on any atom is -0.456 e. The van der Waals surface area contributed by atoms with E-state index in [1.54, 1.807) is 13.2 Å². The maximum atomic E-state index is 5.91. The van der Waals surface area contributed by atoms with Gasteiger partial charge in [0.1, 0.15) is 11.5 Å². The van der Waals surface area contributed by atoms with E-state index >= 15 is 0 Å². The van der Waals surface area contributed by atoms with Gasteiger partial charge in [-0.3, -0.25) is 0 Å². The van der Waals surface area contributed by atoms with Crippen molar-refractivity contribution in [1.29, 1.82) is 0 Å². The van der Waals surface area contributed by atoms with E-state index in [0.29, 0.717) is 11.6 Å². The summed E-state index contributed by atoms with van der Waals surface area (Å²) >= 11 is 9.35. The first kappa shape index (κ1) is 16.3. The van der Waals surface area contributed by atoms with Crippen LogP contribution in [-0.2, 0) is 11.3 Å². The molecule has 21 heavy (non-hydrogen) atoms. The third-order valence-electron chi connectivity index (χ3n) is 2.86. The van der Waals surface area contributed by atoms with Gasteiger partial charge < -0.3 is 14.8 Å². The molecule has 0 unspecified atom stereocenters. The third-order valence-corrected chi connectivity index (χ3v) is 3.71. The topological polar surface area (TPSA) is 30.5 Å². The van der Waals surface area contributed by atoms with Gasteiger partial charge in [0.15, 0.2) is 0 Å². The number of hydrogen-bond acceptors (Lipinski definition) is 3. The lowest BCUT2D eigenvalue weighted by Gasteiger charge is -2.09. The fraction of sp³-hybridized carbons (Fsp3) is 0.250. The Morgan fingerprint density at radius 2 is 1.90 bits per heavy atom. The highest BCUT2D eigenvalue weighted by atomic mass is 79.9. The summed E-state index contributed by atoms with van der Waals surface area (Å²) in [4.78, 5) is 0. The van der Waals surface area contributed by atoms with Gasteiger partial charge in [-0.2, -0.15) is 0 Å². The molecule has 0 aromatic heterocycles. The highest BCUT2D eigenvalue weighted by Gasteiger charge is 2.03. The molecule has 0 saturated carbocycles. The molecule has 0 aliphatic rings. The first-order chi connectivity index (χ1) is 10.2. The van der Waals surface area contributed by atoms with Crippen molar-refractivity contribution >= 4 is 27.5 Å². The lowest BCUT2D eigenvalue weighted by molar-refractivity contribution is 0.199. The summed E-state index contributed by atoms with van der Waals surface area (Å²) in [5.74, 6) is 1.53. The molecular formula is C16H17BrClNO2. The molecule has 112 valence electrons. The van der Waals surface area contributed by atoms with E-state index in [2.05, 4.69) is 21.2 Å². The second kappa shape index (κ2) is 8.39. The molecule has 0 fully saturated rings. The lowest BCUT2D eigenvalue weighted by Crippen LogP contribution is -2.18. The molecule has 1 N–H and O–H groups in total. The Labute approximate surface area is 138 Å². The molecule has 2 rings (SSSR count). The van der Waals surface area contributed by atoms with Gasteiger partial charge in [-0.05, 0) is 51.8 Å². The van der Waals surface area contributed by atoms with Crippen LogP contribution in [0.15, 0.2) is 46.9 Å². The molecule has 5 heteroatoms. The van der Waals surface area contributed by atoms with Crippen molar-refractivity contribution < 1.29 is 9.47 Å². The van der Waals surface area contributed by atoms with Crippen LogP contribution in [0.5, 0.6) is 11.5 Å². The van der Waals surface area contributed by atoms with Crippen LogP contribution in [-0.4, -0.2) is 20.3 Å². The second-order valence-electron chi connectivity index (χ2n) is 4.49. The van der Waals surface area contributed by atoms with Crippen LogP contribution < -0.4 is 10.1 Å². The summed E-state index contributed by atoms with van der Waals surface area (Å²) in [6.07, 6.45) is 0. The largest absolute Gasteiger partial charge is 0.456 e. The zero-order chi connectivity index (χ0) is 15.1. The number of ether oxygens (including phenoxy) is 2. The lowest BCUT2D eigenvalue weighted by atomic mass is 10.2. The number of methoxy groups -OCH3 is 1. The summed E-state index contributed by atoms with van der Waals surface area (Å²) in [5, 5.41) is 3.97. The van der Waals surface area contributed by atoms with Crippen LogP contribution in [0.1, 0.15) is 5.56 Å². The third kappa shape index (κ3) is 5.32. The van der Waals surface area contributed by atoms with Crippen molar-refractivity contribution in [2.75, 3.05) is 20.3 Å². The van der Waals surface area contributed by atoms with Gasteiger partial charge >= 0.3 is 0 Å². The Morgan fingerprint density at radius 1 is 1.14 bits per heavy atom. The molecule has 0 spiro atoms. The Balaban J connectivity index is 1.92. The molecule has 0 aliphatic carbocycles. The standard InChI is InChI=1S/C16H17BrClNO2/c1-20-9-8-19-11-12-2-5-14(6-3-12)21-16-7-4-13(18)10-15(16)17/h2-7,10,19H,8-9,11H2,1H3. The number of halogens is 2. The first-order valence-electron chi connectivity index (χ1n) is 6.60. The smallest absolute Gasteiger partial charge is 0.141 e. The number of hydrogen-bond donors (Lipinski definition) is 1. The highest BCUT2D eigenvalue weighted by molar-refractivity contribution is 9.10. The molecule has 2 aromatic rings. The molecule has 0 atom stereocenters. The van der Waals surface area contributed by atoms with Crippen molar-refractivity contribution in [3.05, 3.63) is 57.5 Å². The van der Waals surface area contributed by atoms with Gasteiger partial charge in [-0.1, -0.05) is 23.7 Å². The van der Waals surface area contributed by atoms with Crippen LogP contribution in [0.2, 0.25) is 5.02 Å². The minimum absolute atomic E-state index is 0.673. The first-order valence-corrected chi connectivity index (χ1v) is 7.77. The minimum atomic E-state index is 0.673. The average Bonchev–Trinajstić information content (AvgIpc) is 2.48. The molecule has 0 radical (unpaired) electrons. The molecular weight excluding hydrogens is 354 g/mol. The van der Waals surface area contributed by atoms with E-state index in [1.807, 2.05) is 36.4 Å². The van der Waals surface area contributed by atoms with E-state index in [0.717, 1.165) is 29.1 Å². The number of nitrogens with one attached hydrogen (secondary N) is 1. The average molecular weight is 371 g/mol. The summed E-state index contributed by atoms with van der Waals surface area (Å²) in [5.41, 5.74) is 1.20. The maximum absolute atomic E-state index is 5.91. The van der Waals surface area contributed by atoms with Gasteiger partial charge in [-0.25, -0.2) is 0 Å². The summed E-state index contributed by atoms with van der Waals surface area (Å²) in [7, 11) is 1.70. The normalized spacial score (nSPS) is 10.6. The maximum Gasteiger partial charge on any atom is 0.141 e. The molecule has 0 heterocycles. The molecule has 0 bridgehead atoms. The molecule has 0 saturated heterocycles. The van der Waals surface area contributed by atoms with E-state index in [9.17, 15) is 0 Å². The van der Waals surface area contributed by atoms with Crippen molar-refractivity contribution in [3.63, 3.8) is 0 Å². The molecule has 0 aliphatic heterocycles. The summed E-state index contributed by atoms with van der Waals surface area (Å²) in [6, 6.07) is 13.4. The van der Waals surface area contributed by atoms with Crippen LogP contribution >= 0.6 is 27.5 Å². The SMILES string of the molecule is COCCNCc1ccc(Oc2ccc(Cl)cc2Br)cc1. The van der Waals surface area contributed by atoms with E-state index in [4.69, 9.17) is 21.1 Å². The van der Waals surface area contributed by atoms with Crippen LogP contribution in [0.3, 0.4) is 0 Å². The van der Waals surface area contributed by atoms with E-state index in [1.165, 1.54) is 5.56 Å². The zero-order valence-electron chi connectivity index (χ0n) is 11.7. The molecule has 2 aromatic carbocycles. The van der Waals surface area contributed by atoms with Crippen molar-refractivity contribution in [2.45, 2.75) is 6.54 Å². The number of benzene rings is 2. The van der Waals surface area contributed by atoms with Gasteiger partial charge in [0.05, 0.1) is 11.1 Å². The quantitative estimate of drug-likeness (QED) is 0.721. The summed E-state index contributed by atoms with van der Waals surface area (Å²) < 4.78 is 11.6. The van der Waals surface area contributed by atoms with Gasteiger partial charge in [0.2, 0.25) is 0 Å². The van der Waals surface area contributed by atoms with Crippen molar-refractivity contribution in [2.24, 2.45) is 0 Å². The van der Waals surface area contributed by atoms with Crippen LogP contribution in [0, 0.1) is 0 Å². The fourth-order valence-electron chi connectivity index (χ4n) is 1.77. The highest BCUT2D eigenvalue weighted by Crippen LogP contribution is 2.31. The van der Waals surface area contributed by atoms with Crippen LogP contribution in [0.4, 0.5) is 0 Å². The number of rotatable bonds is 7. The van der Waals surface area contributed by atoms with Crippen LogP contribution in [0.25, 0.3) is 0 Å². The van der Waals surface area contributed by atoms with Gasteiger partial charge in [-0.15, -0.1) is 0 Å². The second-order valence-corrected chi connectivity index (χ2v) is 5.78. The molecule has 0 amide bonds. The molecule has 3 nitrogen and oxygen atoms in total. The van der Waals surface area contributed by atoms with E-state index in [-0.39, 0.29) is 0 Å². The summed E-state index contributed by atoms with van der Waals surface area (Å²) in [6.45, 7) is 2.37. The Bertz CT molecular complexity index is 575. The fourth-order valence-corrected chi connectivity index (χ4v) is 2.53. The Kier molecular flexibility index (Phi) is 6.51. The van der Waals surface area contributed by atoms with Gasteiger partial charge in [0, 0.05) is 25.2 Å². The van der Waals surface area contributed by atoms with Gasteiger partial charge in [0.25, 0.3) is 0 Å². The van der Waals surface area contributed by atoms with E-state index < -0.39 is 0 Å². The van der Waals surface area contributed by atoms with Crippen molar-refractivity contribution in [3.8, 4) is 11.5 Å². The Hall–Kier alpha value is -1.07. The predicted molar refractivity (Wildman–Crippen MR) is 89.3 cm³/mol. The zero-order valence-corrected chi connectivity index (χ0v) is 14.1. The predicted octanol–water partition coefficient (Wildman–Crippen LogP) is 4.63. The monoisotopic (exact) mass is 369 g/mol. The Morgan fingerprint density at radius 3 is 2.57 bits per heavy atom. The van der Waals surface area contributed by atoms with Crippen molar-refractivity contribution in [1.82, 2.24) is 5.32 Å².